The fourth-order valence-corrected chi connectivity index (χ4v) is 1.39. The Balaban J connectivity index is 2.89. The molecule has 1 heteroatoms. The molecule has 0 aliphatic heterocycles. The molecule has 0 atom stereocenters. The van der Waals surface area contributed by atoms with E-state index in [1.165, 1.54) is 0 Å². The minimum atomic E-state index is -0.0984. The van der Waals surface area contributed by atoms with Crippen molar-refractivity contribution in [3.05, 3.63) is 11.6 Å². The lowest BCUT2D eigenvalue weighted by Crippen LogP contribution is -2.27. The first-order chi connectivity index (χ1) is 4.54. The molecule has 0 heterocycles. The fourth-order valence-electron chi connectivity index (χ4n) is 1.39. The van der Waals surface area contributed by atoms with Crippen LogP contribution in [-0.2, 0) is 4.79 Å². The van der Waals surface area contributed by atoms with E-state index in [1.54, 1.807) is 0 Å². The van der Waals surface area contributed by atoms with E-state index in [-0.39, 0.29) is 5.41 Å². The summed E-state index contributed by atoms with van der Waals surface area (Å²) in [6.07, 6.45) is 4.10. The highest BCUT2D eigenvalue weighted by Gasteiger charge is 2.30. The number of hydrogen-bond donors (Lipinski definition) is 0. The van der Waals surface area contributed by atoms with E-state index in [0.717, 1.165) is 18.4 Å². The smallest absolute Gasteiger partial charge is 0.163 e. The van der Waals surface area contributed by atoms with Crippen LogP contribution < -0.4 is 0 Å². The Morgan fingerprint density at radius 3 is 2.50 bits per heavy atom. The van der Waals surface area contributed by atoms with Crippen LogP contribution in [0.4, 0.5) is 0 Å². The zero-order valence-electron chi connectivity index (χ0n) is 6.90. The number of carbonyl (C=O) groups excluding carboxylic acids is 1. The SMILES string of the molecule is CC1=CCCC(C)(C)C1=O. The second-order valence-electron chi connectivity index (χ2n) is 3.64. The van der Waals surface area contributed by atoms with Gasteiger partial charge in [-0.15, -0.1) is 0 Å². The first kappa shape index (κ1) is 7.52. The molecule has 0 fully saturated rings. The van der Waals surface area contributed by atoms with Gasteiger partial charge in [-0.1, -0.05) is 19.9 Å². The number of allylic oxidation sites excluding steroid dienone is 2. The molecule has 10 heavy (non-hydrogen) atoms. The fraction of sp³-hybridized carbons (Fsp3) is 0.667. The van der Waals surface area contributed by atoms with E-state index in [2.05, 4.69) is 0 Å². The molecule has 0 aromatic carbocycles. The summed E-state index contributed by atoms with van der Waals surface area (Å²) in [5, 5.41) is 0. The van der Waals surface area contributed by atoms with Crippen LogP contribution in [0.1, 0.15) is 33.6 Å². The molecule has 0 amide bonds. The minimum Gasteiger partial charge on any atom is -0.294 e. The van der Waals surface area contributed by atoms with Crippen LogP contribution in [0.3, 0.4) is 0 Å². The Labute approximate surface area is 62.1 Å². The quantitative estimate of drug-likeness (QED) is 0.502. The Morgan fingerprint density at radius 1 is 1.50 bits per heavy atom. The molecule has 0 radical (unpaired) electrons. The number of ketones is 1. The first-order valence-electron chi connectivity index (χ1n) is 3.75. The highest BCUT2D eigenvalue weighted by Crippen LogP contribution is 2.31. The Hall–Kier alpha value is -0.590. The molecule has 0 saturated heterocycles. The van der Waals surface area contributed by atoms with Crippen molar-refractivity contribution in [1.82, 2.24) is 0 Å². The van der Waals surface area contributed by atoms with Crippen LogP contribution in [0.25, 0.3) is 0 Å². The molecule has 56 valence electrons. The van der Waals surface area contributed by atoms with Crippen LogP contribution in [0.15, 0.2) is 11.6 Å². The van der Waals surface area contributed by atoms with Crippen LogP contribution >= 0.6 is 0 Å². The Kier molecular flexibility index (Phi) is 1.67. The summed E-state index contributed by atoms with van der Waals surface area (Å²) in [6.45, 7) is 5.95. The van der Waals surface area contributed by atoms with Gasteiger partial charge in [0.25, 0.3) is 0 Å². The average Bonchev–Trinajstić information content (AvgIpc) is 1.83. The molecule has 0 aromatic rings. The summed E-state index contributed by atoms with van der Waals surface area (Å²) in [5.41, 5.74) is 0.843. The van der Waals surface area contributed by atoms with Crippen LogP contribution in [0.2, 0.25) is 0 Å². The van der Waals surface area contributed by atoms with Gasteiger partial charge in [0.15, 0.2) is 5.78 Å². The molecule has 1 nitrogen and oxygen atoms in total. The molecule has 1 aliphatic rings. The van der Waals surface area contributed by atoms with Gasteiger partial charge in [-0.3, -0.25) is 4.79 Å². The topological polar surface area (TPSA) is 17.1 Å². The van der Waals surface area contributed by atoms with E-state index in [1.807, 2.05) is 26.8 Å². The first-order valence-corrected chi connectivity index (χ1v) is 3.75. The van der Waals surface area contributed by atoms with E-state index in [9.17, 15) is 4.79 Å². The van der Waals surface area contributed by atoms with E-state index in [0.29, 0.717) is 5.78 Å². The van der Waals surface area contributed by atoms with Gasteiger partial charge in [0, 0.05) is 5.41 Å². The molecular formula is C9H14O. The van der Waals surface area contributed by atoms with Crippen LogP contribution in [-0.4, -0.2) is 5.78 Å². The summed E-state index contributed by atoms with van der Waals surface area (Å²) in [6, 6.07) is 0. The maximum atomic E-state index is 11.4. The molecule has 1 aliphatic carbocycles. The maximum absolute atomic E-state index is 11.4. The zero-order chi connectivity index (χ0) is 7.78. The van der Waals surface area contributed by atoms with Gasteiger partial charge in [-0.2, -0.15) is 0 Å². The van der Waals surface area contributed by atoms with E-state index >= 15 is 0 Å². The Bertz CT molecular complexity index is 187. The summed E-state index contributed by atoms with van der Waals surface area (Å²) >= 11 is 0. The zero-order valence-corrected chi connectivity index (χ0v) is 6.90. The molecule has 0 aromatic heterocycles. The molecular weight excluding hydrogens is 124 g/mol. The third kappa shape index (κ3) is 1.13. The maximum Gasteiger partial charge on any atom is 0.163 e. The van der Waals surface area contributed by atoms with Crippen LogP contribution in [0.5, 0.6) is 0 Å². The number of carbonyl (C=O) groups is 1. The van der Waals surface area contributed by atoms with Crippen molar-refractivity contribution in [2.24, 2.45) is 5.41 Å². The van der Waals surface area contributed by atoms with Gasteiger partial charge in [0.1, 0.15) is 0 Å². The highest BCUT2D eigenvalue weighted by molar-refractivity contribution is 5.99. The van der Waals surface area contributed by atoms with E-state index < -0.39 is 0 Å². The summed E-state index contributed by atoms with van der Waals surface area (Å²) in [4.78, 5) is 11.4. The summed E-state index contributed by atoms with van der Waals surface area (Å²) < 4.78 is 0. The van der Waals surface area contributed by atoms with Gasteiger partial charge < -0.3 is 0 Å². The van der Waals surface area contributed by atoms with Crippen molar-refractivity contribution in [3.8, 4) is 0 Å². The Morgan fingerprint density at radius 2 is 2.10 bits per heavy atom. The van der Waals surface area contributed by atoms with Gasteiger partial charge in [0.2, 0.25) is 0 Å². The van der Waals surface area contributed by atoms with Crippen molar-refractivity contribution < 1.29 is 4.79 Å². The standard InChI is InChI=1S/C9H14O/c1-7-5-4-6-9(2,3)8(7)10/h5H,4,6H2,1-3H3. The molecule has 0 spiro atoms. The predicted octanol–water partition coefficient (Wildman–Crippen LogP) is 2.32. The lowest BCUT2D eigenvalue weighted by molar-refractivity contribution is -0.124. The number of rotatable bonds is 0. The van der Waals surface area contributed by atoms with Gasteiger partial charge in [-0.25, -0.2) is 0 Å². The second-order valence-corrected chi connectivity index (χ2v) is 3.64. The van der Waals surface area contributed by atoms with Crippen molar-refractivity contribution in [3.63, 3.8) is 0 Å². The van der Waals surface area contributed by atoms with Gasteiger partial charge in [-0.05, 0) is 25.3 Å². The molecule has 0 N–H and O–H groups in total. The number of Topliss-reactive ketones (excluding diaryl/α,β-unsaturated/α-hetero) is 1. The summed E-state index contributed by atoms with van der Waals surface area (Å²) in [7, 11) is 0. The van der Waals surface area contributed by atoms with Crippen molar-refractivity contribution >= 4 is 5.78 Å². The van der Waals surface area contributed by atoms with Crippen LogP contribution in [0, 0.1) is 5.41 Å². The second kappa shape index (κ2) is 2.22. The highest BCUT2D eigenvalue weighted by atomic mass is 16.1. The monoisotopic (exact) mass is 138 g/mol. The normalized spacial score (nSPS) is 24.3. The molecule has 0 unspecified atom stereocenters. The molecule has 0 saturated carbocycles. The van der Waals surface area contributed by atoms with Crippen molar-refractivity contribution in [2.75, 3.05) is 0 Å². The van der Waals surface area contributed by atoms with Gasteiger partial charge in [0.05, 0.1) is 0 Å². The number of hydrogen-bond acceptors (Lipinski definition) is 1. The third-order valence-electron chi connectivity index (χ3n) is 2.19. The van der Waals surface area contributed by atoms with Crippen molar-refractivity contribution in [1.29, 1.82) is 0 Å². The molecule has 0 bridgehead atoms. The lowest BCUT2D eigenvalue weighted by atomic mass is 9.77. The average molecular weight is 138 g/mol. The largest absolute Gasteiger partial charge is 0.294 e. The summed E-state index contributed by atoms with van der Waals surface area (Å²) in [5.74, 6) is 0.318. The molecule has 1 rings (SSSR count). The van der Waals surface area contributed by atoms with Crippen molar-refractivity contribution in [2.45, 2.75) is 33.6 Å². The lowest BCUT2D eigenvalue weighted by Gasteiger charge is -2.26. The van der Waals surface area contributed by atoms with E-state index in [4.69, 9.17) is 0 Å². The third-order valence-corrected chi connectivity index (χ3v) is 2.19. The van der Waals surface area contributed by atoms with Gasteiger partial charge >= 0.3 is 0 Å². The minimum absolute atomic E-state index is 0.0984. The predicted molar refractivity (Wildman–Crippen MR) is 41.8 cm³/mol.